The topological polar surface area (TPSA) is 237 Å². The van der Waals surface area contributed by atoms with Gasteiger partial charge in [-0.2, -0.15) is 0 Å². The molecular formula is C81H148O17P2. The molecule has 19 heteroatoms. The summed E-state index contributed by atoms with van der Waals surface area (Å²) in [5.41, 5.74) is 0. The van der Waals surface area contributed by atoms with Crippen molar-refractivity contribution in [2.24, 2.45) is 0 Å². The zero-order chi connectivity index (χ0) is 73.2. The Morgan fingerprint density at radius 2 is 0.500 bits per heavy atom. The number of aliphatic hydroxyl groups excluding tert-OH is 1. The van der Waals surface area contributed by atoms with Gasteiger partial charge in [0.15, 0.2) is 12.2 Å². The van der Waals surface area contributed by atoms with Crippen molar-refractivity contribution in [1.82, 2.24) is 0 Å². The molecule has 100 heavy (non-hydrogen) atoms. The van der Waals surface area contributed by atoms with E-state index in [1.807, 2.05) is 12.2 Å². The summed E-state index contributed by atoms with van der Waals surface area (Å²) in [6, 6.07) is 0. The van der Waals surface area contributed by atoms with Crippen molar-refractivity contribution in [2.75, 3.05) is 39.6 Å². The number of unbranched alkanes of at least 4 members (excludes halogenated alkanes) is 41. The van der Waals surface area contributed by atoms with Gasteiger partial charge in [-0.1, -0.05) is 320 Å². The minimum Gasteiger partial charge on any atom is -0.462 e. The van der Waals surface area contributed by atoms with Crippen LogP contribution in [0.1, 0.15) is 374 Å². The molecule has 584 valence electrons. The summed E-state index contributed by atoms with van der Waals surface area (Å²) in [4.78, 5) is 73.0. The second-order valence-corrected chi connectivity index (χ2v) is 30.3. The van der Waals surface area contributed by atoms with E-state index in [4.69, 9.17) is 37.0 Å². The molecule has 0 aliphatic carbocycles. The molecule has 0 saturated carbocycles. The van der Waals surface area contributed by atoms with Crippen molar-refractivity contribution in [1.29, 1.82) is 0 Å². The van der Waals surface area contributed by atoms with Gasteiger partial charge in [-0.15, -0.1) is 0 Å². The fourth-order valence-electron chi connectivity index (χ4n) is 11.3. The van der Waals surface area contributed by atoms with E-state index < -0.39 is 97.5 Å². The van der Waals surface area contributed by atoms with Crippen molar-refractivity contribution < 1.29 is 80.2 Å². The fourth-order valence-corrected chi connectivity index (χ4v) is 12.8. The molecule has 0 aromatic rings. The van der Waals surface area contributed by atoms with Gasteiger partial charge in [-0.05, 0) is 89.9 Å². The van der Waals surface area contributed by atoms with Gasteiger partial charge in [-0.3, -0.25) is 37.3 Å². The predicted octanol–water partition coefficient (Wildman–Crippen LogP) is 23.5. The summed E-state index contributed by atoms with van der Waals surface area (Å²) in [6.45, 7) is 4.85. The number of rotatable bonds is 77. The SMILES string of the molecule is CCCCC/C=C\C/C=C\C/C=C\C/C=C\CCCC(=O)O[C@H](COC(=O)CCCCCCCCCCCCCCCCC)COP(=O)(O)OC[C@H](O)COP(=O)(O)OC[C@@H](COC(=O)CCCCCCC/C=C\CCCCCCCC)OC(=O)CCCCCCCCCCCCCCC. The van der Waals surface area contributed by atoms with Gasteiger partial charge >= 0.3 is 39.5 Å². The molecular weight excluding hydrogens is 1310 g/mol. The maximum atomic E-state index is 13.1. The lowest BCUT2D eigenvalue weighted by Gasteiger charge is -2.21. The van der Waals surface area contributed by atoms with Crippen LogP contribution in [0.2, 0.25) is 0 Å². The number of phosphoric acid groups is 2. The summed E-state index contributed by atoms with van der Waals surface area (Å²) < 4.78 is 68.6. The highest BCUT2D eigenvalue weighted by Crippen LogP contribution is 2.45. The van der Waals surface area contributed by atoms with Gasteiger partial charge in [0.1, 0.15) is 19.3 Å². The lowest BCUT2D eigenvalue weighted by atomic mass is 10.0. The van der Waals surface area contributed by atoms with Crippen molar-refractivity contribution >= 4 is 39.5 Å². The molecule has 0 spiro atoms. The smallest absolute Gasteiger partial charge is 0.462 e. The highest BCUT2D eigenvalue weighted by Gasteiger charge is 2.30. The number of aliphatic hydroxyl groups is 1. The van der Waals surface area contributed by atoms with E-state index in [1.54, 1.807) is 0 Å². The second kappa shape index (κ2) is 74.0. The Labute approximate surface area is 610 Å². The monoisotopic (exact) mass is 1460 g/mol. The molecule has 2 unspecified atom stereocenters. The maximum Gasteiger partial charge on any atom is 0.472 e. The van der Waals surface area contributed by atoms with Crippen LogP contribution in [0.5, 0.6) is 0 Å². The van der Waals surface area contributed by atoms with Crippen LogP contribution >= 0.6 is 15.6 Å². The number of hydrogen-bond donors (Lipinski definition) is 3. The molecule has 0 amide bonds. The molecule has 0 rings (SSSR count). The Bertz CT molecular complexity index is 2130. The zero-order valence-corrected chi connectivity index (χ0v) is 65.7. The quantitative estimate of drug-likeness (QED) is 0.0169. The summed E-state index contributed by atoms with van der Waals surface area (Å²) >= 11 is 0. The molecule has 0 aliphatic heterocycles. The molecule has 0 aromatic carbocycles. The molecule has 5 atom stereocenters. The molecule has 0 saturated heterocycles. The van der Waals surface area contributed by atoms with Gasteiger partial charge in [0.25, 0.3) is 0 Å². The number of hydrogen-bond acceptors (Lipinski definition) is 15. The molecule has 0 bridgehead atoms. The Kier molecular flexibility index (Phi) is 71.6. The Hall–Kier alpha value is -3.24. The zero-order valence-electron chi connectivity index (χ0n) is 63.9. The van der Waals surface area contributed by atoms with Crippen LogP contribution in [0.3, 0.4) is 0 Å². The number of ether oxygens (including phenoxy) is 4. The van der Waals surface area contributed by atoms with Crippen molar-refractivity contribution in [2.45, 2.75) is 393 Å². The van der Waals surface area contributed by atoms with Crippen LogP contribution in [0.25, 0.3) is 0 Å². The summed E-state index contributed by atoms with van der Waals surface area (Å²) in [7, 11) is -9.96. The second-order valence-electron chi connectivity index (χ2n) is 27.4. The first-order valence-corrected chi connectivity index (χ1v) is 43.5. The summed E-state index contributed by atoms with van der Waals surface area (Å²) in [5, 5.41) is 10.6. The fraction of sp³-hybridized carbons (Fsp3) is 0.827. The minimum absolute atomic E-state index is 0.0244. The van der Waals surface area contributed by atoms with E-state index in [1.165, 1.54) is 180 Å². The highest BCUT2D eigenvalue weighted by atomic mass is 31.2. The molecule has 0 aliphatic rings. The van der Waals surface area contributed by atoms with E-state index in [9.17, 15) is 43.2 Å². The van der Waals surface area contributed by atoms with Crippen LogP contribution in [0.4, 0.5) is 0 Å². The van der Waals surface area contributed by atoms with E-state index in [0.29, 0.717) is 32.1 Å². The first-order valence-electron chi connectivity index (χ1n) is 40.5. The molecule has 0 heterocycles. The Balaban J connectivity index is 5.37. The van der Waals surface area contributed by atoms with Crippen LogP contribution < -0.4 is 0 Å². The summed E-state index contributed by atoms with van der Waals surface area (Å²) in [5.74, 6) is -2.21. The number of carbonyl (C=O) groups is 4. The average Bonchev–Trinajstić information content (AvgIpc) is 0.962. The van der Waals surface area contributed by atoms with Crippen LogP contribution in [-0.2, 0) is 65.4 Å². The van der Waals surface area contributed by atoms with Gasteiger partial charge in [0.2, 0.25) is 0 Å². The van der Waals surface area contributed by atoms with Crippen LogP contribution in [0, 0.1) is 0 Å². The molecule has 3 N–H and O–H groups in total. The molecule has 0 radical (unpaired) electrons. The van der Waals surface area contributed by atoms with Crippen LogP contribution in [0.15, 0.2) is 60.8 Å². The van der Waals surface area contributed by atoms with Gasteiger partial charge in [0.05, 0.1) is 26.4 Å². The molecule has 0 aromatic heterocycles. The van der Waals surface area contributed by atoms with Gasteiger partial charge in [0, 0.05) is 25.7 Å². The number of esters is 4. The number of carbonyl (C=O) groups excluding carboxylic acids is 4. The predicted molar refractivity (Wildman–Crippen MR) is 409 cm³/mol. The first-order chi connectivity index (χ1) is 48.7. The first kappa shape index (κ1) is 96.8. The van der Waals surface area contributed by atoms with E-state index in [-0.39, 0.29) is 25.7 Å². The number of phosphoric ester groups is 2. The standard InChI is InChI=1S/C81H148O17P2/c1-5-9-13-17-21-25-29-33-36-37-40-44-48-52-56-60-64-68-81(86)98-77(72-92-79(84)66-62-58-54-50-46-43-39-35-31-27-23-19-15-11-7-3)74-96-100(89,90)94-70-75(82)69-93-99(87,88)95-73-76(97-80(85)67-63-59-55-51-47-41-32-28-24-20-16-12-8-4)71-91-78(83)65-61-57-53-49-45-42-38-34-30-26-22-18-14-10-6-2/h21,25,33-34,36,38,40,44,52,56,75-77,82H,5-20,22-24,26-32,35,37,39,41-43,45-51,53-55,57-74H2,1-4H3,(H,87,88)(H,89,90)/b25-21-,36-33-,38-34-,44-40-,56-52-/t75-,76-,77-/m1/s1. The van der Waals surface area contributed by atoms with Gasteiger partial charge in [-0.25, -0.2) is 9.13 Å². The lowest BCUT2D eigenvalue weighted by molar-refractivity contribution is -0.161. The Morgan fingerprint density at radius 3 is 0.820 bits per heavy atom. The van der Waals surface area contributed by atoms with E-state index in [2.05, 4.69) is 76.3 Å². The molecule has 0 fully saturated rings. The van der Waals surface area contributed by atoms with E-state index >= 15 is 0 Å². The lowest BCUT2D eigenvalue weighted by Crippen LogP contribution is -2.30. The normalized spacial score (nSPS) is 14.2. The number of allylic oxidation sites excluding steroid dienone is 10. The van der Waals surface area contributed by atoms with Gasteiger partial charge < -0.3 is 33.8 Å². The largest absolute Gasteiger partial charge is 0.472 e. The van der Waals surface area contributed by atoms with Crippen LogP contribution in [-0.4, -0.2) is 96.7 Å². The van der Waals surface area contributed by atoms with Crippen molar-refractivity contribution in [3.63, 3.8) is 0 Å². The maximum absolute atomic E-state index is 13.1. The Morgan fingerprint density at radius 1 is 0.280 bits per heavy atom. The molecule has 17 nitrogen and oxygen atoms in total. The highest BCUT2D eigenvalue weighted by molar-refractivity contribution is 7.47. The van der Waals surface area contributed by atoms with Crippen molar-refractivity contribution in [3.8, 4) is 0 Å². The third-order valence-electron chi connectivity index (χ3n) is 17.5. The van der Waals surface area contributed by atoms with E-state index in [0.717, 1.165) is 109 Å². The summed E-state index contributed by atoms with van der Waals surface area (Å²) in [6.07, 6.45) is 73.4. The minimum atomic E-state index is -4.98. The van der Waals surface area contributed by atoms with Crippen molar-refractivity contribution in [3.05, 3.63) is 60.8 Å². The third kappa shape index (κ3) is 73.1. The average molecular weight is 1460 g/mol. The third-order valence-corrected chi connectivity index (χ3v) is 19.4.